The van der Waals surface area contributed by atoms with Crippen LogP contribution in [0.1, 0.15) is 24.3 Å². The fraction of sp³-hybridized carbons (Fsp3) is 0.286. The Hall–Kier alpha value is -2.55. The highest BCUT2D eigenvalue weighted by Crippen LogP contribution is 2.32. The molecule has 0 radical (unpaired) electrons. The fourth-order valence-corrected chi connectivity index (χ4v) is 5.35. The number of sulfonamides is 1. The first-order valence-corrected chi connectivity index (χ1v) is 12.1. The van der Waals surface area contributed by atoms with E-state index in [-0.39, 0.29) is 0 Å². The Morgan fingerprint density at radius 3 is 2.70 bits per heavy atom. The fourth-order valence-electron chi connectivity index (χ4n) is 4.19. The van der Waals surface area contributed by atoms with Crippen LogP contribution in [0.3, 0.4) is 0 Å². The Labute approximate surface area is 179 Å². The molecule has 0 aliphatic carbocycles. The SMILES string of the molecule is CS(=O)(=O)N1CCC(c2ccc3nc(Nc4cc(Cl)c5cc[nH]c5c4)[nH]c3c2)CC1. The molecule has 5 rings (SSSR count). The molecule has 1 aliphatic heterocycles. The molecule has 0 bridgehead atoms. The van der Waals surface area contributed by atoms with E-state index in [9.17, 15) is 8.42 Å². The molecule has 0 amide bonds. The van der Waals surface area contributed by atoms with Crippen LogP contribution in [0.4, 0.5) is 11.6 Å². The average Bonchev–Trinajstić information content (AvgIpc) is 3.33. The molecule has 0 spiro atoms. The summed E-state index contributed by atoms with van der Waals surface area (Å²) in [7, 11) is -3.11. The van der Waals surface area contributed by atoms with Gasteiger partial charge in [0.05, 0.1) is 22.3 Å². The summed E-state index contributed by atoms with van der Waals surface area (Å²) < 4.78 is 25.0. The van der Waals surface area contributed by atoms with E-state index in [0.29, 0.717) is 30.0 Å². The van der Waals surface area contributed by atoms with Gasteiger partial charge in [-0.3, -0.25) is 0 Å². The molecule has 1 aliphatic rings. The van der Waals surface area contributed by atoms with Crippen molar-refractivity contribution >= 4 is 55.2 Å². The maximum absolute atomic E-state index is 11.7. The summed E-state index contributed by atoms with van der Waals surface area (Å²) in [5, 5.41) is 4.95. The molecule has 2 aromatic heterocycles. The van der Waals surface area contributed by atoms with Crippen molar-refractivity contribution in [3.63, 3.8) is 0 Å². The van der Waals surface area contributed by atoms with E-state index < -0.39 is 10.0 Å². The molecule has 1 saturated heterocycles. The predicted molar refractivity (Wildman–Crippen MR) is 121 cm³/mol. The zero-order valence-corrected chi connectivity index (χ0v) is 18.0. The highest BCUT2D eigenvalue weighted by molar-refractivity contribution is 7.88. The molecule has 30 heavy (non-hydrogen) atoms. The van der Waals surface area contributed by atoms with Gasteiger partial charge < -0.3 is 15.3 Å². The van der Waals surface area contributed by atoms with E-state index in [4.69, 9.17) is 11.6 Å². The van der Waals surface area contributed by atoms with E-state index in [1.807, 2.05) is 30.5 Å². The van der Waals surface area contributed by atoms with Gasteiger partial charge in [-0.2, -0.15) is 0 Å². The van der Waals surface area contributed by atoms with Crippen LogP contribution in [0.15, 0.2) is 42.6 Å². The highest BCUT2D eigenvalue weighted by Gasteiger charge is 2.26. The monoisotopic (exact) mass is 443 g/mol. The van der Waals surface area contributed by atoms with Crippen LogP contribution in [-0.2, 0) is 10.0 Å². The van der Waals surface area contributed by atoms with Gasteiger partial charge in [0.2, 0.25) is 16.0 Å². The van der Waals surface area contributed by atoms with Crippen LogP contribution in [0.2, 0.25) is 5.02 Å². The summed E-state index contributed by atoms with van der Waals surface area (Å²) >= 11 is 6.36. The van der Waals surface area contributed by atoms with E-state index in [0.717, 1.165) is 40.5 Å². The second kappa shape index (κ2) is 7.30. The van der Waals surface area contributed by atoms with Gasteiger partial charge in [-0.05, 0) is 54.7 Å². The normalized spacial score (nSPS) is 16.5. The Kier molecular flexibility index (Phi) is 4.72. The van der Waals surface area contributed by atoms with Crippen molar-refractivity contribution in [1.82, 2.24) is 19.3 Å². The van der Waals surface area contributed by atoms with Crippen molar-refractivity contribution in [2.24, 2.45) is 0 Å². The summed E-state index contributed by atoms with van der Waals surface area (Å²) in [5.41, 5.74) is 4.85. The van der Waals surface area contributed by atoms with Crippen LogP contribution in [-0.4, -0.2) is 47.0 Å². The molecule has 156 valence electrons. The number of hydrogen-bond donors (Lipinski definition) is 3. The van der Waals surface area contributed by atoms with Crippen molar-refractivity contribution in [3.05, 3.63) is 53.2 Å². The first-order chi connectivity index (χ1) is 14.4. The zero-order valence-electron chi connectivity index (χ0n) is 16.4. The van der Waals surface area contributed by atoms with E-state index in [1.54, 1.807) is 4.31 Å². The molecule has 3 heterocycles. The van der Waals surface area contributed by atoms with Crippen LogP contribution in [0, 0.1) is 0 Å². The predicted octanol–water partition coefficient (Wildman–Crippen LogP) is 4.58. The zero-order chi connectivity index (χ0) is 20.9. The Balaban J connectivity index is 1.36. The quantitative estimate of drug-likeness (QED) is 0.430. The summed E-state index contributed by atoms with van der Waals surface area (Å²) in [5.74, 6) is 0.997. The Morgan fingerprint density at radius 2 is 1.93 bits per heavy atom. The number of aromatic amines is 2. The van der Waals surface area contributed by atoms with Gasteiger partial charge in [-0.15, -0.1) is 0 Å². The molecule has 0 unspecified atom stereocenters. The van der Waals surface area contributed by atoms with Gasteiger partial charge in [0.25, 0.3) is 0 Å². The Morgan fingerprint density at radius 1 is 1.13 bits per heavy atom. The summed E-state index contributed by atoms with van der Waals surface area (Å²) in [6.45, 7) is 1.14. The minimum atomic E-state index is -3.11. The summed E-state index contributed by atoms with van der Waals surface area (Å²) in [6.07, 6.45) is 4.79. The standard InChI is InChI=1S/C21H22ClN5O2S/c1-30(28,29)27-8-5-13(6-9-27)14-2-3-18-20(10-14)26-21(25-18)24-15-11-17(22)16-4-7-23-19(16)12-15/h2-4,7,10-13,23H,5-6,8-9H2,1H3,(H2,24,25,26). The van der Waals surface area contributed by atoms with Crippen molar-refractivity contribution in [3.8, 4) is 0 Å². The van der Waals surface area contributed by atoms with Gasteiger partial charge >= 0.3 is 0 Å². The molecular formula is C21H22ClN5O2S. The summed E-state index contributed by atoms with van der Waals surface area (Å²) in [6, 6.07) is 12.0. The van der Waals surface area contributed by atoms with Gasteiger partial charge in [0, 0.05) is 35.9 Å². The molecule has 9 heteroatoms. The lowest BCUT2D eigenvalue weighted by Gasteiger charge is -2.30. The molecule has 7 nitrogen and oxygen atoms in total. The smallest absolute Gasteiger partial charge is 0.211 e. The number of fused-ring (bicyclic) bond motifs is 2. The number of hydrogen-bond acceptors (Lipinski definition) is 4. The number of halogens is 1. The number of nitrogens with one attached hydrogen (secondary N) is 3. The first-order valence-electron chi connectivity index (χ1n) is 9.85. The minimum absolute atomic E-state index is 0.348. The van der Waals surface area contributed by atoms with Crippen LogP contribution < -0.4 is 5.32 Å². The van der Waals surface area contributed by atoms with Crippen molar-refractivity contribution in [2.45, 2.75) is 18.8 Å². The van der Waals surface area contributed by atoms with Gasteiger partial charge in [0.1, 0.15) is 0 Å². The number of aromatic nitrogens is 3. The van der Waals surface area contributed by atoms with E-state index in [1.165, 1.54) is 11.8 Å². The molecule has 3 N–H and O–H groups in total. The second-order valence-electron chi connectivity index (χ2n) is 7.82. The lowest BCUT2D eigenvalue weighted by molar-refractivity contribution is 0.321. The number of anilines is 2. The molecular weight excluding hydrogens is 422 g/mol. The van der Waals surface area contributed by atoms with Crippen molar-refractivity contribution in [2.75, 3.05) is 24.7 Å². The molecule has 2 aromatic carbocycles. The number of H-pyrrole nitrogens is 2. The molecule has 0 atom stereocenters. The first kappa shape index (κ1) is 19.4. The maximum Gasteiger partial charge on any atom is 0.211 e. The topological polar surface area (TPSA) is 93.9 Å². The second-order valence-corrected chi connectivity index (χ2v) is 10.2. The third-order valence-corrected chi connectivity index (χ3v) is 7.40. The molecule has 4 aromatic rings. The Bertz CT molecular complexity index is 1340. The lowest BCUT2D eigenvalue weighted by Crippen LogP contribution is -2.37. The molecule has 1 fully saturated rings. The third kappa shape index (κ3) is 3.66. The largest absolute Gasteiger partial charge is 0.361 e. The van der Waals surface area contributed by atoms with Gasteiger partial charge in [0.15, 0.2) is 0 Å². The number of imidazole rings is 1. The number of benzene rings is 2. The van der Waals surface area contributed by atoms with Crippen LogP contribution in [0.5, 0.6) is 0 Å². The lowest BCUT2D eigenvalue weighted by atomic mass is 9.90. The summed E-state index contributed by atoms with van der Waals surface area (Å²) in [4.78, 5) is 11.1. The van der Waals surface area contributed by atoms with E-state index in [2.05, 4.69) is 32.4 Å². The number of piperidine rings is 1. The van der Waals surface area contributed by atoms with E-state index >= 15 is 0 Å². The maximum atomic E-state index is 11.7. The number of rotatable bonds is 4. The van der Waals surface area contributed by atoms with Gasteiger partial charge in [-0.1, -0.05) is 17.7 Å². The van der Waals surface area contributed by atoms with Crippen LogP contribution >= 0.6 is 11.6 Å². The highest BCUT2D eigenvalue weighted by atomic mass is 35.5. The average molecular weight is 444 g/mol. The van der Waals surface area contributed by atoms with Crippen molar-refractivity contribution in [1.29, 1.82) is 0 Å². The van der Waals surface area contributed by atoms with Crippen molar-refractivity contribution < 1.29 is 8.42 Å². The number of nitrogens with zero attached hydrogens (tertiary/aromatic N) is 2. The molecule has 0 saturated carbocycles. The third-order valence-electron chi connectivity index (χ3n) is 5.78. The minimum Gasteiger partial charge on any atom is -0.361 e. The van der Waals surface area contributed by atoms with Gasteiger partial charge in [-0.25, -0.2) is 17.7 Å². The van der Waals surface area contributed by atoms with Crippen LogP contribution in [0.25, 0.3) is 21.9 Å².